The summed E-state index contributed by atoms with van der Waals surface area (Å²) in [5.74, 6) is 0. The Bertz CT molecular complexity index is 163. The van der Waals surface area contributed by atoms with E-state index in [4.69, 9.17) is 12.7 Å². The summed E-state index contributed by atoms with van der Waals surface area (Å²) in [6.07, 6.45) is 0. The van der Waals surface area contributed by atoms with Gasteiger partial charge in [-0.15, -0.1) is 0 Å². The third-order valence-electron chi connectivity index (χ3n) is 1.40. The molecule has 0 saturated carbocycles. The highest BCUT2D eigenvalue weighted by Gasteiger charge is 2.38. The van der Waals surface area contributed by atoms with Gasteiger partial charge in [0.2, 0.25) is 0 Å². The van der Waals surface area contributed by atoms with E-state index in [1.54, 1.807) is 5.70 Å². The van der Waals surface area contributed by atoms with Crippen molar-refractivity contribution in [2.45, 2.75) is 33.1 Å². The van der Waals surface area contributed by atoms with Gasteiger partial charge in [-0.1, -0.05) is 6.58 Å². The molecule has 0 aromatic carbocycles. The molecule has 84 valence electrons. The van der Waals surface area contributed by atoms with Gasteiger partial charge in [-0.2, -0.15) is 0 Å². The van der Waals surface area contributed by atoms with Gasteiger partial charge in [-0.05, 0) is 38.8 Å². The van der Waals surface area contributed by atoms with Crippen LogP contribution in [0.3, 0.4) is 0 Å². The van der Waals surface area contributed by atoms with E-state index in [2.05, 4.69) is 32.8 Å². The van der Waals surface area contributed by atoms with Gasteiger partial charge < -0.3 is 12.7 Å². The molecule has 0 spiro atoms. The first kappa shape index (κ1) is 14.3. The summed E-state index contributed by atoms with van der Waals surface area (Å²) in [6.45, 7) is 14.9. The fraction of sp³-hybridized carbons (Fsp3) is 0.750. The van der Waals surface area contributed by atoms with Crippen LogP contribution in [0.4, 0.5) is 0 Å². The molecular formula is C8H22O3Si3. The molecule has 0 aromatic rings. The van der Waals surface area contributed by atoms with Gasteiger partial charge in [0.05, 0.1) is 0 Å². The van der Waals surface area contributed by atoms with Gasteiger partial charge in [0.15, 0.2) is 18.1 Å². The molecule has 0 aromatic heterocycles. The van der Waals surface area contributed by atoms with Crippen LogP contribution in [0.15, 0.2) is 12.3 Å². The van der Waals surface area contributed by atoms with Crippen LogP contribution in [-0.2, 0) is 12.7 Å². The van der Waals surface area contributed by atoms with Crippen molar-refractivity contribution in [2.24, 2.45) is 0 Å². The molecule has 0 saturated heterocycles. The second-order valence-electron chi connectivity index (χ2n) is 3.57. The molecule has 3 nitrogen and oxygen atoms in total. The molecule has 6 heteroatoms. The molecule has 0 amide bonds. The average Bonchev–Trinajstić information content (AvgIpc) is 2.02. The highest BCUT2D eigenvalue weighted by molar-refractivity contribution is 6.79. The van der Waals surface area contributed by atoms with Crippen LogP contribution < -0.4 is 0 Å². The Morgan fingerprint density at radius 3 is 1.79 bits per heavy atom. The van der Waals surface area contributed by atoms with Crippen molar-refractivity contribution >= 4 is 26.9 Å². The molecule has 0 fully saturated rings. The Balaban J connectivity index is 4.50. The Labute approximate surface area is 91.9 Å². The number of hydrogen-bond acceptors (Lipinski definition) is 3. The molecule has 0 aliphatic carbocycles. The maximum atomic E-state index is 5.89. The first-order valence-electron chi connectivity index (χ1n) is 5.09. The van der Waals surface area contributed by atoms with E-state index < -0.39 is 26.9 Å². The Morgan fingerprint density at radius 1 is 1.14 bits per heavy atom. The number of hydrogen-bond donors (Lipinski definition) is 0. The van der Waals surface area contributed by atoms with E-state index in [1.165, 1.54) is 0 Å². The minimum absolute atomic E-state index is 0.625. The van der Waals surface area contributed by atoms with Crippen molar-refractivity contribution in [3.63, 3.8) is 0 Å². The summed E-state index contributed by atoms with van der Waals surface area (Å²) >= 11 is 0. The van der Waals surface area contributed by atoms with Gasteiger partial charge in [-0.25, -0.2) is 0 Å². The van der Waals surface area contributed by atoms with Gasteiger partial charge in [-0.3, -0.25) is 0 Å². The van der Waals surface area contributed by atoms with Gasteiger partial charge in [0.1, 0.15) is 0 Å². The average molecular weight is 251 g/mol. The smallest absolute Gasteiger partial charge is 0.416 e. The van der Waals surface area contributed by atoms with Crippen molar-refractivity contribution < 1.29 is 12.7 Å². The molecule has 0 aliphatic heterocycles. The summed E-state index contributed by atoms with van der Waals surface area (Å²) in [6, 6.07) is 0. The molecule has 0 radical (unpaired) electrons. The van der Waals surface area contributed by atoms with E-state index in [-0.39, 0.29) is 0 Å². The Morgan fingerprint density at radius 2 is 1.57 bits per heavy atom. The van der Waals surface area contributed by atoms with Crippen molar-refractivity contribution in [1.82, 2.24) is 0 Å². The zero-order chi connectivity index (χ0) is 11.2. The second-order valence-corrected chi connectivity index (χ2v) is 11.6. The van der Waals surface area contributed by atoms with Crippen molar-refractivity contribution in [2.75, 3.05) is 6.61 Å². The lowest BCUT2D eigenvalue weighted by molar-refractivity contribution is 0.190. The second kappa shape index (κ2) is 6.70. The van der Waals surface area contributed by atoms with Gasteiger partial charge in [0.25, 0.3) is 0 Å². The van der Waals surface area contributed by atoms with Gasteiger partial charge in [0, 0.05) is 6.61 Å². The summed E-state index contributed by atoms with van der Waals surface area (Å²) in [5, 5.41) is 0. The monoisotopic (exact) mass is 250 g/mol. The molecule has 0 heterocycles. The zero-order valence-corrected chi connectivity index (χ0v) is 13.2. The highest BCUT2D eigenvalue weighted by atomic mass is 28.5. The van der Waals surface area contributed by atoms with Crippen LogP contribution in [0.1, 0.15) is 6.92 Å². The molecule has 0 rings (SSSR count). The summed E-state index contributed by atoms with van der Waals surface area (Å²) in [5.41, 5.74) is 1.76. The van der Waals surface area contributed by atoms with Crippen molar-refractivity contribution in [1.29, 1.82) is 0 Å². The fourth-order valence-electron chi connectivity index (χ4n) is 1.11. The fourth-order valence-corrected chi connectivity index (χ4v) is 8.92. The Kier molecular flexibility index (Phi) is 6.83. The molecule has 0 bridgehead atoms. The van der Waals surface area contributed by atoms with E-state index in [0.717, 1.165) is 0 Å². The van der Waals surface area contributed by atoms with E-state index in [1.807, 2.05) is 6.92 Å². The summed E-state index contributed by atoms with van der Waals surface area (Å²) < 4.78 is 17.4. The first-order chi connectivity index (χ1) is 6.45. The van der Waals surface area contributed by atoms with Crippen LogP contribution in [0.5, 0.6) is 0 Å². The van der Waals surface area contributed by atoms with Crippen LogP contribution in [0.25, 0.3) is 0 Å². The standard InChI is InChI=1S/C8H22O3Si3/c1-7-9-14(8-2,10-12(3)4)11-13(5)6/h8,12-13H,2,7H2,1,3-6H3. The van der Waals surface area contributed by atoms with Crippen LogP contribution >= 0.6 is 0 Å². The quantitative estimate of drug-likeness (QED) is 0.644. The van der Waals surface area contributed by atoms with Crippen LogP contribution in [-0.4, -0.2) is 33.5 Å². The van der Waals surface area contributed by atoms with Crippen molar-refractivity contribution in [3.05, 3.63) is 12.3 Å². The largest absolute Gasteiger partial charge is 0.507 e. The first-order valence-corrected chi connectivity index (χ1v) is 12.4. The van der Waals surface area contributed by atoms with E-state index in [9.17, 15) is 0 Å². The van der Waals surface area contributed by atoms with E-state index >= 15 is 0 Å². The summed E-state index contributed by atoms with van der Waals surface area (Å²) in [4.78, 5) is 0. The van der Waals surface area contributed by atoms with Crippen LogP contribution in [0.2, 0.25) is 26.2 Å². The molecule has 0 unspecified atom stereocenters. The topological polar surface area (TPSA) is 27.7 Å². The minimum atomic E-state index is -2.51. The molecule has 0 aliphatic rings. The predicted octanol–water partition coefficient (Wildman–Crippen LogP) is 1.69. The third-order valence-corrected chi connectivity index (χ3v) is 8.99. The molecular weight excluding hydrogens is 228 g/mol. The van der Waals surface area contributed by atoms with Crippen molar-refractivity contribution in [3.8, 4) is 0 Å². The number of rotatable bonds is 7. The predicted molar refractivity (Wildman–Crippen MR) is 67.5 cm³/mol. The molecule has 14 heavy (non-hydrogen) atoms. The third kappa shape index (κ3) is 5.23. The lowest BCUT2D eigenvalue weighted by atomic mass is 10.9. The minimum Gasteiger partial charge on any atom is -0.416 e. The maximum Gasteiger partial charge on any atom is 0.507 e. The van der Waals surface area contributed by atoms with Gasteiger partial charge >= 0.3 is 8.80 Å². The Hall–Kier alpha value is 0.271. The van der Waals surface area contributed by atoms with Crippen LogP contribution in [0, 0.1) is 0 Å². The van der Waals surface area contributed by atoms with E-state index in [0.29, 0.717) is 6.61 Å². The molecule has 0 N–H and O–H groups in total. The lowest BCUT2D eigenvalue weighted by Crippen LogP contribution is -2.49. The SMILES string of the molecule is C=C[Si](OCC)(O[SiH](C)C)O[SiH](C)C. The zero-order valence-electron chi connectivity index (χ0n) is 9.87. The lowest BCUT2D eigenvalue weighted by Gasteiger charge is -2.30. The maximum absolute atomic E-state index is 5.89. The summed E-state index contributed by atoms with van der Waals surface area (Å²) in [7, 11) is -4.79. The highest BCUT2D eigenvalue weighted by Crippen LogP contribution is 2.14. The normalized spacial score (nSPS) is 12.5. The molecule has 0 atom stereocenters.